The highest BCUT2D eigenvalue weighted by molar-refractivity contribution is 7.99. The molecule has 0 aromatic carbocycles. The molecule has 0 bridgehead atoms. The lowest BCUT2D eigenvalue weighted by Gasteiger charge is -2.24. The third-order valence-electron chi connectivity index (χ3n) is 3.49. The molecule has 2 saturated heterocycles. The number of carbonyl (C=O) groups excluding carboxylic acids is 1. The van der Waals surface area contributed by atoms with Crippen LogP contribution >= 0.6 is 11.8 Å². The van der Waals surface area contributed by atoms with Crippen LogP contribution in [0.15, 0.2) is 0 Å². The zero-order valence-corrected chi connectivity index (χ0v) is 11.2. The number of thioether (sulfide) groups is 1. The van der Waals surface area contributed by atoms with Gasteiger partial charge in [0.25, 0.3) is 0 Å². The van der Waals surface area contributed by atoms with Crippen LogP contribution in [-0.4, -0.2) is 49.3 Å². The summed E-state index contributed by atoms with van der Waals surface area (Å²) >= 11 is 1.93. The zero-order valence-electron chi connectivity index (χ0n) is 10.4. The van der Waals surface area contributed by atoms with Crippen molar-refractivity contribution in [3.63, 3.8) is 0 Å². The van der Waals surface area contributed by atoms with Gasteiger partial charge < -0.3 is 15.4 Å². The molecule has 0 radical (unpaired) electrons. The molecular formula is C12H22N2O2S. The molecule has 2 N–H and O–H groups in total. The molecule has 5 heteroatoms. The van der Waals surface area contributed by atoms with Crippen LogP contribution in [0.2, 0.25) is 0 Å². The summed E-state index contributed by atoms with van der Waals surface area (Å²) in [5, 5.41) is 6.49. The number of rotatable bonds is 4. The highest BCUT2D eigenvalue weighted by Crippen LogP contribution is 2.17. The minimum Gasteiger partial charge on any atom is -0.381 e. The maximum atomic E-state index is 11.9. The van der Waals surface area contributed by atoms with E-state index in [1.54, 1.807) is 0 Å². The van der Waals surface area contributed by atoms with Crippen molar-refractivity contribution in [2.45, 2.75) is 31.8 Å². The summed E-state index contributed by atoms with van der Waals surface area (Å²) in [6.07, 6.45) is 1.67. The van der Waals surface area contributed by atoms with Gasteiger partial charge in [0, 0.05) is 49.1 Å². The van der Waals surface area contributed by atoms with Crippen LogP contribution in [0.25, 0.3) is 0 Å². The van der Waals surface area contributed by atoms with Crippen LogP contribution in [0.3, 0.4) is 0 Å². The first-order valence-electron chi connectivity index (χ1n) is 6.44. The molecule has 0 aliphatic carbocycles. The average molecular weight is 258 g/mol. The highest BCUT2D eigenvalue weighted by atomic mass is 32.2. The maximum absolute atomic E-state index is 11.9. The summed E-state index contributed by atoms with van der Waals surface area (Å²) in [5.74, 6) is 2.87. The van der Waals surface area contributed by atoms with Crippen LogP contribution < -0.4 is 10.6 Å². The van der Waals surface area contributed by atoms with E-state index in [4.69, 9.17) is 4.74 Å². The predicted molar refractivity (Wildman–Crippen MR) is 70.3 cm³/mol. The van der Waals surface area contributed by atoms with Gasteiger partial charge in [0.05, 0.1) is 6.61 Å². The monoisotopic (exact) mass is 258 g/mol. The first-order valence-corrected chi connectivity index (χ1v) is 7.59. The molecule has 98 valence electrons. The van der Waals surface area contributed by atoms with Crippen LogP contribution in [0, 0.1) is 5.92 Å². The van der Waals surface area contributed by atoms with Gasteiger partial charge in [-0.15, -0.1) is 0 Å². The summed E-state index contributed by atoms with van der Waals surface area (Å²) in [4.78, 5) is 11.9. The summed E-state index contributed by atoms with van der Waals surface area (Å²) in [6, 6.07) is 0.585. The Bertz CT molecular complexity index is 251. The number of amides is 1. The maximum Gasteiger partial charge on any atom is 0.221 e. The second-order valence-corrected chi connectivity index (χ2v) is 6.06. The number of hydrogen-bond donors (Lipinski definition) is 2. The quantitative estimate of drug-likeness (QED) is 0.776. The lowest BCUT2D eigenvalue weighted by Crippen LogP contribution is -2.44. The SMILES string of the molecule is CC(NC(=O)CC1CSCCN1)C1CCOC1. The van der Waals surface area contributed by atoms with Gasteiger partial charge in [-0.25, -0.2) is 0 Å². The predicted octanol–water partition coefficient (Wildman–Crippen LogP) is 0.623. The van der Waals surface area contributed by atoms with Crippen molar-refractivity contribution in [3.8, 4) is 0 Å². The Labute approximate surface area is 107 Å². The molecule has 2 aliphatic heterocycles. The van der Waals surface area contributed by atoms with Gasteiger partial charge in [-0.1, -0.05) is 0 Å². The second kappa shape index (κ2) is 6.61. The average Bonchev–Trinajstić information content (AvgIpc) is 2.83. The van der Waals surface area contributed by atoms with E-state index < -0.39 is 0 Å². The Morgan fingerprint density at radius 3 is 3.18 bits per heavy atom. The van der Waals surface area contributed by atoms with Crippen molar-refractivity contribution < 1.29 is 9.53 Å². The molecule has 2 fully saturated rings. The van der Waals surface area contributed by atoms with E-state index in [1.165, 1.54) is 0 Å². The molecule has 3 unspecified atom stereocenters. The lowest BCUT2D eigenvalue weighted by atomic mass is 10.0. The summed E-state index contributed by atoms with van der Waals surface area (Å²) in [5.41, 5.74) is 0. The molecular weight excluding hydrogens is 236 g/mol. The third kappa shape index (κ3) is 4.16. The number of ether oxygens (including phenoxy) is 1. The molecule has 3 atom stereocenters. The van der Waals surface area contributed by atoms with Crippen molar-refractivity contribution >= 4 is 17.7 Å². The standard InChI is InChI=1S/C12H22N2O2S/c1-9(10-2-4-16-7-10)14-12(15)6-11-8-17-5-3-13-11/h9-11,13H,2-8H2,1H3,(H,14,15). The van der Waals surface area contributed by atoms with Gasteiger partial charge in [-0.2, -0.15) is 11.8 Å². The van der Waals surface area contributed by atoms with Crippen molar-refractivity contribution in [1.82, 2.24) is 10.6 Å². The van der Waals surface area contributed by atoms with Gasteiger partial charge in [0.15, 0.2) is 0 Å². The molecule has 2 aliphatic rings. The normalized spacial score (nSPS) is 31.1. The van der Waals surface area contributed by atoms with Crippen LogP contribution in [-0.2, 0) is 9.53 Å². The second-order valence-electron chi connectivity index (χ2n) is 4.91. The molecule has 0 aromatic heterocycles. The van der Waals surface area contributed by atoms with Crippen LogP contribution in [0.1, 0.15) is 19.8 Å². The molecule has 17 heavy (non-hydrogen) atoms. The van der Waals surface area contributed by atoms with Crippen molar-refractivity contribution in [2.24, 2.45) is 5.92 Å². The largest absolute Gasteiger partial charge is 0.381 e. The van der Waals surface area contributed by atoms with Gasteiger partial charge in [0.1, 0.15) is 0 Å². The smallest absolute Gasteiger partial charge is 0.221 e. The molecule has 1 amide bonds. The highest BCUT2D eigenvalue weighted by Gasteiger charge is 2.24. The number of hydrogen-bond acceptors (Lipinski definition) is 4. The van der Waals surface area contributed by atoms with E-state index in [-0.39, 0.29) is 11.9 Å². The van der Waals surface area contributed by atoms with E-state index >= 15 is 0 Å². The van der Waals surface area contributed by atoms with E-state index in [2.05, 4.69) is 17.6 Å². The molecule has 0 aromatic rings. The molecule has 4 nitrogen and oxygen atoms in total. The Morgan fingerprint density at radius 2 is 2.53 bits per heavy atom. The summed E-state index contributed by atoms with van der Waals surface area (Å²) in [7, 11) is 0. The van der Waals surface area contributed by atoms with Crippen molar-refractivity contribution in [1.29, 1.82) is 0 Å². The Kier molecular flexibility index (Phi) is 5.13. The first-order chi connectivity index (χ1) is 8.25. The van der Waals surface area contributed by atoms with Gasteiger partial charge in [0.2, 0.25) is 5.91 Å². The van der Waals surface area contributed by atoms with Gasteiger partial charge in [-0.05, 0) is 13.3 Å². The minimum atomic E-state index is 0.171. The van der Waals surface area contributed by atoms with E-state index in [9.17, 15) is 4.79 Å². The zero-order chi connectivity index (χ0) is 12.1. The Morgan fingerprint density at radius 1 is 1.65 bits per heavy atom. The Balaban J connectivity index is 1.68. The van der Waals surface area contributed by atoms with Gasteiger partial charge in [-0.3, -0.25) is 4.79 Å². The molecule has 0 spiro atoms. The van der Waals surface area contributed by atoms with Crippen molar-refractivity contribution in [3.05, 3.63) is 0 Å². The minimum absolute atomic E-state index is 0.171. The number of carbonyl (C=O) groups is 1. The fourth-order valence-electron chi connectivity index (χ4n) is 2.35. The van der Waals surface area contributed by atoms with E-state index in [0.29, 0.717) is 18.4 Å². The number of nitrogens with one attached hydrogen (secondary N) is 2. The van der Waals surface area contributed by atoms with Gasteiger partial charge >= 0.3 is 0 Å². The summed E-state index contributed by atoms with van der Waals surface area (Å²) in [6.45, 7) is 4.74. The first kappa shape index (κ1) is 13.2. The molecule has 2 heterocycles. The van der Waals surface area contributed by atoms with Crippen LogP contribution in [0.5, 0.6) is 0 Å². The van der Waals surface area contributed by atoms with Crippen LogP contribution in [0.4, 0.5) is 0 Å². The molecule has 0 saturated carbocycles. The summed E-state index contributed by atoms with van der Waals surface area (Å²) < 4.78 is 5.34. The van der Waals surface area contributed by atoms with E-state index in [1.807, 2.05) is 11.8 Å². The molecule has 2 rings (SSSR count). The topological polar surface area (TPSA) is 50.4 Å². The van der Waals surface area contributed by atoms with E-state index in [0.717, 1.165) is 37.7 Å². The lowest BCUT2D eigenvalue weighted by molar-refractivity contribution is -0.122. The fourth-order valence-corrected chi connectivity index (χ4v) is 3.30. The fraction of sp³-hybridized carbons (Fsp3) is 0.917. The Hall–Kier alpha value is -0.260. The van der Waals surface area contributed by atoms with Crippen molar-refractivity contribution in [2.75, 3.05) is 31.3 Å². The third-order valence-corrected chi connectivity index (χ3v) is 4.62.